The van der Waals surface area contributed by atoms with Gasteiger partial charge in [-0.3, -0.25) is 4.79 Å². The van der Waals surface area contributed by atoms with Crippen molar-refractivity contribution in [2.75, 3.05) is 0 Å². The molecule has 1 aliphatic carbocycles. The molecule has 0 unspecified atom stereocenters. The van der Waals surface area contributed by atoms with Gasteiger partial charge in [0.05, 0.1) is 17.4 Å². The van der Waals surface area contributed by atoms with Gasteiger partial charge < -0.3 is 9.15 Å². The molecular weight excluding hydrogens is 316 g/mol. The van der Waals surface area contributed by atoms with Gasteiger partial charge in [0.2, 0.25) is 0 Å². The Morgan fingerprint density at radius 2 is 1.92 bits per heavy atom. The second-order valence-corrected chi connectivity index (χ2v) is 7.78. The van der Waals surface area contributed by atoms with E-state index < -0.39 is 5.60 Å². The molecule has 0 bridgehead atoms. The van der Waals surface area contributed by atoms with Crippen LogP contribution in [-0.2, 0) is 6.42 Å². The van der Waals surface area contributed by atoms with Crippen molar-refractivity contribution in [3.63, 3.8) is 0 Å². The minimum absolute atomic E-state index is 0.156. The third-order valence-electron chi connectivity index (χ3n) is 5.91. The van der Waals surface area contributed by atoms with Crippen LogP contribution in [0.1, 0.15) is 67.4 Å². The van der Waals surface area contributed by atoms with Crippen molar-refractivity contribution in [2.45, 2.75) is 64.9 Å². The number of benzene rings is 1. The highest BCUT2D eigenvalue weighted by Crippen LogP contribution is 2.47. The Bertz CT molecular complexity index is 914. The predicted octanol–water partition coefficient (Wildman–Crippen LogP) is 4.58. The lowest BCUT2D eigenvalue weighted by Gasteiger charge is -2.43. The average Bonchev–Trinajstić information content (AvgIpc) is 2.56. The van der Waals surface area contributed by atoms with Crippen LogP contribution >= 0.6 is 0 Å². The molecule has 4 heteroatoms. The molecule has 4 rings (SSSR count). The number of carbonyl (C=O) groups is 1. The molecule has 1 aromatic heterocycles. The highest BCUT2D eigenvalue weighted by atomic mass is 16.5. The molecular formula is C21H24O4. The summed E-state index contributed by atoms with van der Waals surface area (Å²) in [7, 11) is 0. The Hall–Kier alpha value is -2.10. The zero-order chi connectivity index (χ0) is 17.8. The zero-order valence-corrected chi connectivity index (χ0v) is 15.1. The molecule has 2 aromatic rings. The quantitative estimate of drug-likeness (QED) is 0.713. The van der Waals surface area contributed by atoms with Crippen LogP contribution in [0.5, 0.6) is 5.75 Å². The Morgan fingerprint density at radius 3 is 2.60 bits per heavy atom. The normalized spacial score (nSPS) is 25.9. The van der Waals surface area contributed by atoms with Crippen LogP contribution in [0, 0.1) is 12.8 Å². The molecule has 4 nitrogen and oxygen atoms in total. The first-order valence-corrected chi connectivity index (χ1v) is 9.25. The Morgan fingerprint density at radius 1 is 1.20 bits per heavy atom. The van der Waals surface area contributed by atoms with E-state index in [2.05, 4.69) is 6.92 Å². The van der Waals surface area contributed by atoms with Crippen molar-refractivity contribution in [1.82, 2.24) is 0 Å². The van der Waals surface area contributed by atoms with Gasteiger partial charge in [-0.15, -0.1) is 0 Å². The molecule has 2 aliphatic rings. The molecule has 132 valence electrons. The highest BCUT2D eigenvalue weighted by Gasteiger charge is 2.44. The third-order valence-corrected chi connectivity index (χ3v) is 5.91. The molecule has 1 saturated carbocycles. The van der Waals surface area contributed by atoms with Gasteiger partial charge in [0.15, 0.2) is 5.78 Å². The van der Waals surface area contributed by atoms with Gasteiger partial charge in [-0.25, -0.2) is 4.79 Å². The van der Waals surface area contributed by atoms with E-state index in [0.717, 1.165) is 42.2 Å². The number of carbonyl (C=O) groups excluding carboxylic acids is 1. The number of aryl methyl sites for hydroxylation is 2. The number of ether oxygens (including phenoxy) is 1. The summed E-state index contributed by atoms with van der Waals surface area (Å²) in [5.74, 6) is 1.48. The number of rotatable bonds is 1. The Balaban J connectivity index is 1.95. The van der Waals surface area contributed by atoms with E-state index in [9.17, 15) is 9.59 Å². The first-order valence-electron chi connectivity index (χ1n) is 9.25. The minimum Gasteiger partial charge on any atom is -0.485 e. The number of hydrogen-bond donors (Lipinski definition) is 0. The number of fused-ring (bicyclic) bond motifs is 3. The van der Waals surface area contributed by atoms with Gasteiger partial charge in [-0.05, 0) is 62.1 Å². The summed E-state index contributed by atoms with van der Waals surface area (Å²) in [6, 6.07) is 3.33. The molecule has 1 aliphatic heterocycles. The second kappa shape index (κ2) is 5.72. The van der Waals surface area contributed by atoms with Crippen molar-refractivity contribution >= 4 is 16.8 Å². The fourth-order valence-electron chi connectivity index (χ4n) is 4.42. The number of Topliss-reactive ketones (excluding diaryl/α,β-unsaturated/α-hetero) is 1. The minimum atomic E-state index is -0.390. The molecule has 0 N–H and O–H groups in total. The van der Waals surface area contributed by atoms with E-state index in [0.29, 0.717) is 35.7 Å². The maximum atomic E-state index is 13.0. The lowest BCUT2D eigenvalue weighted by Crippen LogP contribution is -2.45. The van der Waals surface area contributed by atoms with E-state index in [1.54, 1.807) is 6.07 Å². The van der Waals surface area contributed by atoms with E-state index >= 15 is 0 Å². The van der Waals surface area contributed by atoms with Gasteiger partial charge in [-0.1, -0.05) is 13.8 Å². The summed E-state index contributed by atoms with van der Waals surface area (Å²) in [6.07, 6.45) is 5.14. The monoisotopic (exact) mass is 340 g/mol. The van der Waals surface area contributed by atoms with Crippen LogP contribution < -0.4 is 10.4 Å². The van der Waals surface area contributed by atoms with Gasteiger partial charge in [0.1, 0.15) is 16.9 Å². The van der Waals surface area contributed by atoms with Gasteiger partial charge in [-0.2, -0.15) is 0 Å². The van der Waals surface area contributed by atoms with Gasteiger partial charge in [0.25, 0.3) is 0 Å². The first kappa shape index (κ1) is 16.4. The van der Waals surface area contributed by atoms with Gasteiger partial charge in [0, 0.05) is 6.07 Å². The standard InChI is InChI=1S/C21H24O4/c1-4-14-10-17(23)24-16-9-13(3)18-15(22)11-21(25-20(18)19(14)16)7-5-12(2)6-8-21/h9-10,12H,4-8,11H2,1-3H3. The third kappa shape index (κ3) is 2.59. The van der Waals surface area contributed by atoms with Crippen LogP contribution in [-0.4, -0.2) is 11.4 Å². The summed E-state index contributed by atoms with van der Waals surface area (Å²) >= 11 is 0. The number of hydrogen-bond acceptors (Lipinski definition) is 4. The first-order chi connectivity index (χ1) is 11.9. The molecule has 0 amide bonds. The fourth-order valence-corrected chi connectivity index (χ4v) is 4.42. The van der Waals surface area contributed by atoms with E-state index in [1.165, 1.54) is 6.07 Å². The molecule has 1 spiro atoms. The summed E-state index contributed by atoms with van der Waals surface area (Å²) in [4.78, 5) is 24.9. The second-order valence-electron chi connectivity index (χ2n) is 7.78. The fraction of sp³-hybridized carbons (Fsp3) is 0.524. The van der Waals surface area contributed by atoms with E-state index in [4.69, 9.17) is 9.15 Å². The summed E-state index contributed by atoms with van der Waals surface area (Å²) < 4.78 is 12.0. The molecule has 0 saturated heterocycles. The van der Waals surface area contributed by atoms with Crippen molar-refractivity contribution in [3.05, 3.63) is 39.2 Å². The number of ketones is 1. The lowest BCUT2D eigenvalue weighted by molar-refractivity contribution is 0.00510. The van der Waals surface area contributed by atoms with Crippen molar-refractivity contribution in [1.29, 1.82) is 0 Å². The molecule has 25 heavy (non-hydrogen) atoms. The average molecular weight is 340 g/mol. The van der Waals surface area contributed by atoms with Crippen LogP contribution in [0.2, 0.25) is 0 Å². The summed E-state index contributed by atoms with van der Waals surface area (Å²) in [5, 5.41) is 0.800. The lowest BCUT2D eigenvalue weighted by atomic mass is 9.74. The summed E-state index contributed by atoms with van der Waals surface area (Å²) in [6.45, 7) is 6.15. The predicted molar refractivity (Wildman–Crippen MR) is 96.5 cm³/mol. The Labute approximate surface area is 147 Å². The molecule has 2 heterocycles. The largest absolute Gasteiger partial charge is 0.485 e. The zero-order valence-electron chi connectivity index (χ0n) is 15.1. The molecule has 1 aromatic carbocycles. The summed E-state index contributed by atoms with van der Waals surface area (Å²) in [5.41, 5.74) is 2.15. The molecule has 1 fully saturated rings. The van der Waals surface area contributed by atoms with E-state index in [1.807, 2.05) is 13.8 Å². The van der Waals surface area contributed by atoms with E-state index in [-0.39, 0.29) is 11.4 Å². The van der Waals surface area contributed by atoms with Crippen LogP contribution in [0.3, 0.4) is 0 Å². The van der Waals surface area contributed by atoms with Crippen molar-refractivity contribution in [3.8, 4) is 5.75 Å². The van der Waals surface area contributed by atoms with Crippen LogP contribution in [0.4, 0.5) is 0 Å². The molecule has 0 atom stereocenters. The smallest absolute Gasteiger partial charge is 0.336 e. The maximum Gasteiger partial charge on any atom is 0.336 e. The Kier molecular flexibility index (Phi) is 3.75. The van der Waals surface area contributed by atoms with Gasteiger partial charge >= 0.3 is 5.63 Å². The highest BCUT2D eigenvalue weighted by molar-refractivity contribution is 6.07. The van der Waals surface area contributed by atoms with Crippen LogP contribution in [0.15, 0.2) is 21.3 Å². The van der Waals surface area contributed by atoms with Crippen molar-refractivity contribution in [2.24, 2.45) is 5.92 Å². The maximum absolute atomic E-state index is 13.0. The SMILES string of the molecule is CCc1cc(=O)oc2cc(C)c3c(c12)OC1(CCC(C)CC1)CC3=O. The van der Waals surface area contributed by atoms with Crippen molar-refractivity contribution < 1.29 is 13.9 Å². The topological polar surface area (TPSA) is 56.5 Å². The van der Waals surface area contributed by atoms with Crippen LogP contribution in [0.25, 0.3) is 11.0 Å². The molecule has 0 radical (unpaired) electrons.